The van der Waals surface area contributed by atoms with E-state index in [0.29, 0.717) is 0 Å². The molecule has 1 aromatic carbocycles. The second-order valence-electron chi connectivity index (χ2n) is 13.7. The molecule has 0 aliphatic carbocycles. The van der Waals surface area contributed by atoms with Crippen molar-refractivity contribution in [2.45, 2.75) is 181 Å². The van der Waals surface area contributed by atoms with Crippen LogP contribution in [0.4, 0.5) is 5.69 Å². The highest BCUT2D eigenvalue weighted by molar-refractivity contribution is 5.70. The van der Waals surface area contributed by atoms with Crippen molar-refractivity contribution in [2.24, 2.45) is 0 Å². The third kappa shape index (κ3) is 20.6. The average Bonchev–Trinajstić information content (AvgIpc) is 3.08. The van der Waals surface area contributed by atoms with Gasteiger partial charge in [-0.1, -0.05) is 179 Å². The maximum atomic E-state index is 2.68. The van der Waals surface area contributed by atoms with Gasteiger partial charge in [0.15, 0.2) is 12.4 Å². The molecular formula is C43H73N2+. The summed E-state index contributed by atoms with van der Waals surface area (Å²) in [7, 11) is 0. The van der Waals surface area contributed by atoms with E-state index < -0.39 is 0 Å². The second-order valence-corrected chi connectivity index (χ2v) is 13.7. The van der Waals surface area contributed by atoms with E-state index in [9.17, 15) is 0 Å². The Labute approximate surface area is 281 Å². The van der Waals surface area contributed by atoms with E-state index >= 15 is 0 Å². The summed E-state index contributed by atoms with van der Waals surface area (Å²) in [5.74, 6) is 0. The van der Waals surface area contributed by atoms with E-state index in [2.05, 4.69) is 91.2 Å². The molecule has 0 amide bonds. The first kappa shape index (κ1) is 39.1. The van der Waals surface area contributed by atoms with Gasteiger partial charge >= 0.3 is 0 Å². The molecule has 0 saturated carbocycles. The van der Waals surface area contributed by atoms with Crippen LogP contribution < -0.4 is 9.47 Å². The molecule has 0 unspecified atom stereocenters. The predicted molar refractivity (Wildman–Crippen MR) is 202 cm³/mol. The SMILES string of the molecule is CCCCCCCCCCCCCCN(CCCCCCCCCCCCCC)c1ccc(/C=C/c2cc[n+](CC)cc2)cc1. The number of unbranched alkanes of at least 4 members (excludes halogenated alkanes) is 22. The fourth-order valence-electron chi connectivity index (χ4n) is 6.44. The number of nitrogens with zero attached hydrogens (tertiary/aromatic N) is 2. The minimum absolute atomic E-state index is 1.01. The first-order valence-electron chi connectivity index (χ1n) is 19.8. The lowest BCUT2D eigenvalue weighted by molar-refractivity contribution is -0.693. The Bertz CT molecular complexity index is 901. The molecule has 0 spiro atoms. The number of aryl methyl sites for hydroxylation is 1. The Kier molecular flexibility index (Phi) is 24.5. The molecule has 2 aromatic rings. The lowest BCUT2D eigenvalue weighted by Crippen LogP contribution is -2.30. The summed E-state index contributed by atoms with van der Waals surface area (Å²) in [6.45, 7) is 10.2. The van der Waals surface area contributed by atoms with Crippen LogP contribution in [-0.2, 0) is 6.54 Å². The Morgan fingerprint density at radius 3 is 1.11 bits per heavy atom. The summed E-state index contributed by atoms with van der Waals surface area (Å²) in [6.07, 6.45) is 42.8. The van der Waals surface area contributed by atoms with E-state index in [0.717, 1.165) is 6.54 Å². The minimum atomic E-state index is 1.01. The Morgan fingerprint density at radius 1 is 0.422 bits per heavy atom. The lowest BCUT2D eigenvalue weighted by atomic mass is 10.0. The van der Waals surface area contributed by atoms with Crippen LogP contribution in [0.3, 0.4) is 0 Å². The predicted octanol–water partition coefficient (Wildman–Crippen LogP) is 13.4. The zero-order valence-corrected chi connectivity index (χ0v) is 30.3. The van der Waals surface area contributed by atoms with Crippen molar-refractivity contribution >= 4 is 17.8 Å². The molecule has 2 nitrogen and oxygen atoms in total. The number of pyridine rings is 1. The van der Waals surface area contributed by atoms with E-state index in [1.54, 1.807) is 0 Å². The fraction of sp³-hybridized carbons (Fsp3) is 0.698. The van der Waals surface area contributed by atoms with Crippen molar-refractivity contribution in [3.05, 3.63) is 59.9 Å². The van der Waals surface area contributed by atoms with Crippen LogP contribution in [-0.4, -0.2) is 13.1 Å². The molecule has 1 aromatic heterocycles. The third-order valence-electron chi connectivity index (χ3n) is 9.57. The third-order valence-corrected chi connectivity index (χ3v) is 9.57. The highest BCUT2D eigenvalue weighted by atomic mass is 15.1. The number of benzene rings is 1. The van der Waals surface area contributed by atoms with E-state index in [1.807, 2.05) is 0 Å². The molecule has 0 fully saturated rings. The quantitative estimate of drug-likeness (QED) is 0.0625. The summed E-state index contributed by atoms with van der Waals surface area (Å²) in [6, 6.07) is 13.7. The molecule has 0 saturated heterocycles. The van der Waals surface area contributed by atoms with Crippen molar-refractivity contribution in [2.75, 3.05) is 18.0 Å². The smallest absolute Gasteiger partial charge is 0.169 e. The maximum absolute atomic E-state index is 2.68. The van der Waals surface area contributed by atoms with Gasteiger partial charge in [-0.25, -0.2) is 4.57 Å². The van der Waals surface area contributed by atoms with Crippen LogP contribution in [0, 0.1) is 0 Å². The van der Waals surface area contributed by atoms with E-state index in [-0.39, 0.29) is 0 Å². The Morgan fingerprint density at radius 2 is 0.756 bits per heavy atom. The number of hydrogen-bond donors (Lipinski definition) is 0. The summed E-state index contributed by atoms with van der Waals surface area (Å²) >= 11 is 0. The van der Waals surface area contributed by atoms with Gasteiger partial charge in [-0.05, 0) is 43.0 Å². The van der Waals surface area contributed by atoms with E-state index in [4.69, 9.17) is 0 Å². The summed E-state index contributed by atoms with van der Waals surface area (Å²) < 4.78 is 2.20. The summed E-state index contributed by atoms with van der Waals surface area (Å²) in [4.78, 5) is 2.68. The monoisotopic (exact) mass is 618 g/mol. The largest absolute Gasteiger partial charge is 0.372 e. The maximum Gasteiger partial charge on any atom is 0.169 e. The van der Waals surface area contributed by atoms with Gasteiger partial charge in [0, 0.05) is 30.9 Å². The van der Waals surface area contributed by atoms with Gasteiger partial charge in [-0.3, -0.25) is 0 Å². The van der Waals surface area contributed by atoms with Crippen molar-refractivity contribution in [3.8, 4) is 0 Å². The number of hydrogen-bond acceptors (Lipinski definition) is 1. The topological polar surface area (TPSA) is 7.12 Å². The molecule has 254 valence electrons. The Balaban J connectivity index is 1.72. The molecule has 2 rings (SSSR count). The molecule has 0 bridgehead atoms. The Hall–Kier alpha value is -2.09. The molecule has 0 aliphatic heterocycles. The van der Waals surface area contributed by atoms with Gasteiger partial charge in [-0.15, -0.1) is 0 Å². The minimum Gasteiger partial charge on any atom is -0.372 e. The molecule has 45 heavy (non-hydrogen) atoms. The summed E-state index contributed by atoms with van der Waals surface area (Å²) in [5, 5.41) is 0. The van der Waals surface area contributed by atoms with Crippen molar-refractivity contribution in [1.82, 2.24) is 0 Å². The van der Waals surface area contributed by atoms with Crippen LogP contribution in [0.5, 0.6) is 0 Å². The highest BCUT2D eigenvalue weighted by Crippen LogP contribution is 2.20. The lowest BCUT2D eigenvalue weighted by Gasteiger charge is -2.25. The molecule has 0 atom stereocenters. The molecule has 0 N–H and O–H groups in total. The second kappa shape index (κ2) is 28.2. The van der Waals surface area contributed by atoms with Crippen LogP contribution in [0.1, 0.15) is 186 Å². The number of anilines is 1. The zero-order valence-electron chi connectivity index (χ0n) is 30.3. The summed E-state index contributed by atoms with van der Waals surface area (Å²) in [5.41, 5.74) is 3.94. The van der Waals surface area contributed by atoms with Gasteiger partial charge in [-0.2, -0.15) is 0 Å². The van der Waals surface area contributed by atoms with Gasteiger partial charge < -0.3 is 4.90 Å². The van der Waals surface area contributed by atoms with Crippen molar-refractivity contribution < 1.29 is 4.57 Å². The number of rotatable bonds is 30. The molecule has 2 heteroatoms. The van der Waals surface area contributed by atoms with Crippen LogP contribution >= 0.6 is 0 Å². The first-order valence-corrected chi connectivity index (χ1v) is 19.8. The number of aromatic nitrogens is 1. The van der Waals surface area contributed by atoms with Crippen LogP contribution in [0.2, 0.25) is 0 Å². The fourth-order valence-corrected chi connectivity index (χ4v) is 6.44. The zero-order chi connectivity index (χ0) is 32.0. The standard InChI is InChI=1S/C43H73N2/c1-4-7-9-11-13-15-17-19-21-23-25-27-37-45(38-28-26-24-22-20-18-16-14-12-10-8-5-2)43-33-31-41(32-34-43)29-30-42-35-39-44(6-3)40-36-42/h29-36,39-40H,4-28,37-38H2,1-3H3/q+1. The highest BCUT2D eigenvalue weighted by Gasteiger charge is 2.07. The van der Waals surface area contributed by atoms with Crippen LogP contribution in [0.15, 0.2) is 48.8 Å². The molecule has 0 aliphatic rings. The van der Waals surface area contributed by atoms with Gasteiger partial charge in [0.1, 0.15) is 6.54 Å². The van der Waals surface area contributed by atoms with E-state index in [1.165, 1.54) is 184 Å². The molecular weight excluding hydrogens is 544 g/mol. The van der Waals surface area contributed by atoms with Crippen molar-refractivity contribution in [3.63, 3.8) is 0 Å². The first-order chi connectivity index (χ1) is 22.3. The van der Waals surface area contributed by atoms with Gasteiger partial charge in [0.25, 0.3) is 0 Å². The average molecular weight is 618 g/mol. The van der Waals surface area contributed by atoms with Crippen LogP contribution in [0.25, 0.3) is 12.2 Å². The van der Waals surface area contributed by atoms with Gasteiger partial charge in [0.05, 0.1) is 0 Å². The molecule has 0 radical (unpaired) electrons. The van der Waals surface area contributed by atoms with Crippen molar-refractivity contribution in [1.29, 1.82) is 0 Å². The molecule has 1 heterocycles. The normalized spacial score (nSPS) is 11.5. The van der Waals surface area contributed by atoms with Gasteiger partial charge in [0.2, 0.25) is 0 Å².